The number of ether oxygens (including phenoxy) is 2. The average molecular weight is 494 g/mol. The van der Waals surface area contributed by atoms with Gasteiger partial charge in [0.05, 0.1) is 24.6 Å². The summed E-state index contributed by atoms with van der Waals surface area (Å²) in [6, 6.07) is 9.88. The molecule has 1 amide bonds. The van der Waals surface area contributed by atoms with Crippen LogP contribution >= 0.6 is 0 Å². The smallest absolute Gasteiger partial charge is 0.270 e. The summed E-state index contributed by atoms with van der Waals surface area (Å²) in [5, 5.41) is 3.07. The van der Waals surface area contributed by atoms with E-state index >= 15 is 0 Å². The zero-order valence-corrected chi connectivity index (χ0v) is 20.9. The summed E-state index contributed by atoms with van der Waals surface area (Å²) < 4.78 is 24.7. The van der Waals surface area contributed by atoms with E-state index < -0.39 is 5.54 Å². The van der Waals surface area contributed by atoms with Crippen molar-refractivity contribution in [1.29, 1.82) is 0 Å². The second kappa shape index (κ2) is 9.89. The summed E-state index contributed by atoms with van der Waals surface area (Å²) in [6.45, 7) is 6.05. The number of imidazole rings is 1. The van der Waals surface area contributed by atoms with Gasteiger partial charge in [0, 0.05) is 32.2 Å². The van der Waals surface area contributed by atoms with Crippen LogP contribution in [-0.2, 0) is 11.2 Å². The van der Waals surface area contributed by atoms with Crippen LogP contribution in [0.4, 0.5) is 10.1 Å². The van der Waals surface area contributed by atoms with Crippen LogP contribution in [-0.4, -0.2) is 59.3 Å². The number of carbonyl (C=O) groups is 1. The third kappa shape index (κ3) is 5.67. The molecule has 0 atom stereocenters. The van der Waals surface area contributed by atoms with E-state index in [0.717, 1.165) is 35.9 Å². The summed E-state index contributed by atoms with van der Waals surface area (Å²) in [5.74, 6) is 1.24. The van der Waals surface area contributed by atoms with E-state index in [2.05, 4.69) is 25.2 Å². The molecule has 2 N–H and O–H groups in total. The Morgan fingerprint density at radius 2 is 1.94 bits per heavy atom. The van der Waals surface area contributed by atoms with Crippen LogP contribution < -0.4 is 15.0 Å². The summed E-state index contributed by atoms with van der Waals surface area (Å²) in [5.41, 5.74) is 2.26. The second-order valence-electron chi connectivity index (χ2n) is 10.3. The number of aromatic nitrogens is 3. The van der Waals surface area contributed by atoms with E-state index in [4.69, 9.17) is 9.47 Å². The fourth-order valence-corrected chi connectivity index (χ4v) is 4.23. The van der Waals surface area contributed by atoms with Gasteiger partial charge in [-0.1, -0.05) is 0 Å². The molecule has 36 heavy (non-hydrogen) atoms. The molecule has 2 fully saturated rings. The van der Waals surface area contributed by atoms with Crippen molar-refractivity contribution in [2.24, 2.45) is 5.92 Å². The molecule has 190 valence electrons. The third-order valence-electron chi connectivity index (χ3n) is 6.59. The van der Waals surface area contributed by atoms with E-state index in [9.17, 15) is 9.18 Å². The molecule has 3 aromatic rings. The number of hydrogen-bond acceptors (Lipinski definition) is 6. The molecule has 3 heterocycles. The number of benzene rings is 1. The van der Waals surface area contributed by atoms with Crippen LogP contribution in [0.3, 0.4) is 0 Å². The third-order valence-corrected chi connectivity index (χ3v) is 6.59. The topological polar surface area (TPSA) is 92.4 Å². The molecule has 0 unspecified atom stereocenters. The predicted octanol–water partition coefficient (Wildman–Crippen LogP) is 3.99. The minimum absolute atomic E-state index is 0.204. The Hall–Kier alpha value is -3.46. The van der Waals surface area contributed by atoms with Gasteiger partial charge in [0.25, 0.3) is 5.91 Å². The molecule has 5 rings (SSSR count). The molecule has 2 aromatic heterocycles. The molecule has 1 aliphatic heterocycles. The zero-order valence-electron chi connectivity index (χ0n) is 20.9. The SMILES string of the molecule is COC1CN(c2ccc(C(=O)NC(C)(C)Cc3ncc(-c4ccc(F)cc4)[nH]3)nc2OCC2CC2)C1. The Morgan fingerprint density at radius 3 is 2.64 bits per heavy atom. The maximum atomic E-state index is 13.2. The molecular formula is C27H32FN5O3. The van der Waals surface area contributed by atoms with Gasteiger partial charge in [-0.25, -0.2) is 14.4 Å². The quantitative estimate of drug-likeness (QED) is 0.444. The van der Waals surface area contributed by atoms with Crippen molar-refractivity contribution in [3.63, 3.8) is 0 Å². The van der Waals surface area contributed by atoms with Gasteiger partial charge in [-0.05, 0) is 74.6 Å². The van der Waals surface area contributed by atoms with Crippen molar-refractivity contribution in [3.8, 4) is 17.1 Å². The molecule has 0 spiro atoms. The largest absolute Gasteiger partial charge is 0.476 e. The summed E-state index contributed by atoms with van der Waals surface area (Å²) in [7, 11) is 1.71. The first-order valence-corrected chi connectivity index (χ1v) is 12.3. The van der Waals surface area contributed by atoms with Crippen LogP contribution in [0.15, 0.2) is 42.6 Å². The molecule has 1 aliphatic carbocycles. The predicted molar refractivity (Wildman–Crippen MR) is 135 cm³/mol. The van der Waals surface area contributed by atoms with Gasteiger partial charge in [0.2, 0.25) is 5.88 Å². The van der Waals surface area contributed by atoms with E-state index in [1.54, 1.807) is 31.5 Å². The highest BCUT2D eigenvalue weighted by molar-refractivity contribution is 5.93. The lowest BCUT2D eigenvalue weighted by Gasteiger charge is -2.40. The van der Waals surface area contributed by atoms with Crippen molar-refractivity contribution in [2.75, 3.05) is 31.7 Å². The lowest BCUT2D eigenvalue weighted by Crippen LogP contribution is -2.52. The highest BCUT2D eigenvalue weighted by atomic mass is 19.1. The number of pyridine rings is 1. The number of amides is 1. The van der Waals surface area contributed by atoms with Gasteiger partial charge in [-0.2, -0.15) is 0 Å². The number of halogens is 1. The van der Waals surface area contributed by atoms with E-state index in [-0.39, 0.29) is 17.8 Å². The Kier molecular flexibility index (Phi) is 6.66. The van der Waals surface area contributed by atoms with E-state index in [0.29, 0.717) is 30.5 Å². The van der Waals surface area contributed by atoms with Gasteiger partial charge in [-0.3, -0.25) is 4.79 Å². The van der Waals surface area contributed by atoms with Gasteiger partial charge in [0.1, 0.15) is 23.0 Å². The number of rotatable bonds is 10. The highest BCUT2D eigenvalue weighted by Gasteiger charge is 2.31. The summed E-state index contributed by atoms with van der Waals surface area (Å²) in [4.78, 5) is 27.6. The minimum Gasteiger partial charge on any atom is -0.476 e. The number of hydrogen-bond donors (Lipinski definition) is 2. The van der Waals surface area contributed by atoms with Crippen LogP contribution in [0.25, 0.3) is 11.3 Å². The van der Waals surface area contributed by atoms with Crippen LogP contribution in [0.2, 0.25) is 0 Å². The molecule has 1 aromatic carbocycles. The molecule has 9 heteroatoms. The number of nitrogens with zero attached hydrogens (tertiary/aromatic N) is 3. The molecule has 2 aliphatic rings. The number of nitrogens with one attached hydrogen (secondary N) is 2. The van der Waals surface area contributed by atoms with Crippen molar-refractivity contribution >= 4 is 11.6 Å². The lowest BCUT2D eigenvalue weighted by molar-refractivity contribution is 0.0782. The maximum Gasteiger partial charge on any atom is 0.270 e. The van der Waals surface area contributed by atoms with Crippen LogP contribution in [0.5, 0.6) is 5.88 Å². The number of methoxy groups -OCH3 is 1. The normalized spacial score (nSPS) is 16.1. The van der Waals surface area contributed by atoms with Crippen molar-refractivity contribution in [1.82, 2.24) is 20.3 Å². The first-order chi connectivity index (χ1) is 17.3. The second-order valence-corrected chi connectivity index (χ2v) is 10.3. The lowest BCUT2D eigenvalue weighted by atomic mass is 10.00. The standard InChI is InChI=1S/C27H32FN5O3/c1-27(2,12-24-29-13-22(30-24)18-6-8-19(28)9-7-18)32-25(34)21-10-11-23(33-14-20(15-33)35-3)26(31-21)36-16-17-4-5-17/h6-11,13,17,20H,4-5,12,14-16H2,1-3H3,(H,29,30)(H,32,34). The summed E-state index contributed by atoms with van der Waals surface area (Å²) in [6.07, 6.45) is 4.75. The van der Waals surface area contributed by atoms with Crippen molar-refractivity contribution in [3.05, 3.63) is 59.9 Å². The monoisotopic (exact) mass is 493 g/mol. The Bertz CT molecular complexity index is 1220. The average Bonchev–Trinajstić information content (AvgIpc) is 3.54. The van der Waals surface area contributed by atoms with E-state index in [1.165, 1.54) is 25.0 Å². The van der Waals surface area contributed by atoms with E-state index in [1.807, 2.05) is 19.9 Å². The number of carbonyl (C=O) groups excluding carboxylic acids is 1. The fraction of sp³-hybridized carbons (Fsp3) is 0.444. The molecule has 0 bridgehead atoms. The molecule has 1 saturated carbocycles. The first kappa shape index (κ1) is 24.2. The highest BCUT2D eigenvalue weighted by Crippen LogP contribution is 2.34. The molecule has 8 nitrogen and oxygen atoms in total. The van der Waals surface area contributed by atoms with Crippen LogP contribution in [0.1, 0.15) is 43.0 Å². The Morgan fingerprint density at radius 1 is 1.19 bits per heavy atom. The van der Waals surface area contributed by atoms with Crippen molar-refractivity contribution in [2.45, 2.75) is 44.8 Å². The van der Waals surface area contributed by atoms with Gasteiger partial charge < -0.3 is 24.7 Å². The molecular weight excluding hydrogens is 461 g/mol. The Balaban J connectivity index is 1.26. The molecule has 1 saturated heterocycles. The maximum absolute atomic E-state index is 13.2. The number of aromatic amines is 1. The zero-order chi connectivity index (χ0) is 25.3. The van der Waals surface area contributed by atoms with Crippen LogP contribution in [0, 0.1) is 11.7 Å². The fourth-order valence-electron chi connectivity index (χ4n) is 4.23. The van der Waals surface area contributed by atoms with Gasteiger partial charge in [0.15, 0.2) is 0 Å². The summed E-state index contributed by atoms with van der Waals surface area (Å²) >= 11 is 0. The number of anilines is 1. The number of H-pyrrole nitrogens is 1. The Labute approximate surface area is 210 Å². The molecule has 0 radical (unpaired) electrons. The first-order valence-electron chi connectivity index (χ1n) is 12.3. The van der Waals surface area contributed by atoms with Gasteiger partial charge >= 0.3 is 0 Å². The van der Waals surface area contributed by atoms with Gasteiger partial charge in [-0.15, -0.1) is 0 Å². The minimum atomic E-state index is -0.590. The van der Waals surface area contributed by atoms with Crippen molar-refractivity contribution < 1.29 is 18.7 Å².